The Hall–Kier alpha value is -1.60. The number of rotatable bonds is 2. The van der Waals surface area contributed by atoms with Crippen molar-refractivity contribution < 1.29 is 13.2 Å². The molecule has 0 saturated heterocycles. The molecule has 0 fully saturated rings. The molecule has 6 nitrogen and oxygen atoms in total. The number of aryl methyl sites for hydroxylation is 1. The van der Waals surface area contributed by atoms with Crippen LogP contribution in [0.5, 0.6) is 0 Å². The summed E-state index contributed by atoms with van der Waals surface area (Å²) in [6, 6.07) is 5.10. The molecule has 0 aliphatic rings. The van der Waals surface area contributed by atoms with Gasteiger partial charge >= 0.3 is 6.03 Å². The molecule has 0 aliphatic carbocycles. The molecule has 0 bridgehead atoms. The molecule has 0 unspecified atom stereocenters. The Kier molecular flexibility index (Phi) is 3.28. The smallest absolute Gasteiger partial charge is 0.275 e. The van der Waals surface area contributed by atoms with Crippen LogP contribution in [0, 0.1) is 6.92 Å². The van der Waals surface area contributed by atoms with Gasteiger partial charge in [0.05, 0.1) is 4.90 Å². The van der Waals surface area contributed by atoms with Crippen LogP contribution in [0.1, 0.15) is 5.56 Å². The third kappa shape index (κ3) is 2.93. The van der Waals surface area contributed by atoms with Crippen molar-refractivity contribution in [3.63, 3.8) is 0 Å². The molecule has 2 amide bonds. The average Bonchev–Trinajstić information content (AvgIpc) is 2.17. The summed E-state index contributed by atoms with van der Waals surface area (Å²) in [4.78, 5) is 10.8. The first-order chi connectivity index (χ1) is 6.95. The van der Waals surface area contributed by atoms with E-state index in [2.05, 4.69) is 0 Å². The normalized spacial score (nSPS) is 10.8. The zero-order valence-electron chi connectivity index (χ0n) is 8.02. The van der Waals surface area contributed by atoms with Gasteiger partial charge in [-0.05, 0) is 19.1 Å². The monoisotopic (exact) mass is 229 g/mol. The van der Waals surface area contributed by atoms with Gasteiger partial charge in [-0.3, -0.25) is 5.43 Å². The summed E-state index contributed by atoms with van der Waals surface area (Å²) < 4.78 is 24.7. The fourth-order valence-electron chi connectivity index (χ4n) is 0.928. The van der Waals surface area contributed by atoms with Gasteiger partial charge in [0.1, 0.15) is 0 Å². The Morgan fingerprint density at radius 1 is 1.27 bits per heavy atom. The van der Waals surface area contributed by atoms with Gasteiger partial charge in [0, 0.05) is 0 Å². The van der Waals surface area contributed by atoms with E-state index in [0.29, 0.717) is 0 Å². The summed E-state index contributed by atoms with van der Waals surface area (Å²) in [5.74, 6) is 4.75. The van der Waals surface area contributed by atoms with Crippen LogP contribution < -0.4 is 16.0 Å². The summed E-state index contributed by atoms with van der Waals surface area (Å²) in [7, 11) is -3.83. The van der Waals surface area contributed by atoms with Gasteiger partial charge in [0.2, 0.25) is 0 Å². The zero-order chi connectivity index (χ0) is 11.5. The number of hydrazine groups is 1. The van der Waals surface area contributed by atoms with E-state index in [1.165, 1.54) is 12.1 Å². The van der Waals surface area contributed by atoms with Crippen LogP contribution >= 0.6 is 0 Å². The van der Waals surface area contributed by atoms with Crippen molar-refractivity contribution in [3.8, 4) is 0 Å². The van der Waals surface area contributed by atoms with Gasteiger partial charge in [-0.1, -0.05) is 17.7 Å². The van der Waals surface area contributed by atoms with E-state index in [-0.39, 0.29) is 4.90 Å². The summed E-state index contributed by atoms with van der Waals surface area (Å²) in [5.41, 5.74) is 2.60. The van der Waals surface area contributed by atoms with Crippen molar-refractivity contribution in [1.29, 1.82) is 0 Å². The lowest BCUT2D eigenvalue weighted by Crippen LogP contribution is -2.42. The molecule has 4 N–H and O–H groups in total. The maximum atomic E-state index is 11.5. The van der Waals surface area contributed by atoms with E-state index in [1.54, 1.807) is 22.3 Å². The van der Waals surface area contributed by atoms with Crippen LogP contribution in [-0.2, 0) is 10.0 Å². The van der Waals surface area contributed by atoms with Gasteiger partial charge in [0.25, 0.3) is 10.0 Å². The molecule has 0 aliphatic heterocycles. The SMILES string of the molecule is Cc1ccc(S(=O)(=O)NC(=O)NN)cc1. The van der Waals surface area contributed by atoms with Crippen molar-refractivity contribution in [3.05, 3.63) is 29.8 Å². The maximum absolute atomic E-state index is 11.5. The van der Waals surface area contributed by atoms with Gasteiger partial charge in [0.15, 0.2) is 0 Å². The Bertz CT molecular complexity index is 453. The summed E-state index contributed by atoms with van der Waals surface area (Å²) in [5, 5.41) is 0. The van der Waals surface area contributed by atoms with Crippen LogP contribution in [0.25, 0.3) is 0 Å². The molecule has 1 aromatic rings. The molecule has 1 rings (SSSR count). The van der Waals surface area contributed by atoms with E-state index in [1.807, 2.05) is 6.92 Å². The molecule has 7 heteroatoms. The second-order valence-electron chi connectivity index (χ2n) is 2.89. The van der Waals surface area contributed by atoms with E-state index in [9.17, 15) is 13.2 Å². The number of hydrogen-bond acceptors (Lipinski definition) is 4. The van der Waals surface area contributed by atoms with E-state index in [4.69, 9.17) is 5.84 Å². The van der Waals surface area contributed by atoms with Crippen molar-refractivity contribution in [2.45, 2.75) is 11.8 Å². The first-order valence-corrected chi connectivity index (χ1v) is 5.54. The molecule has 0 radical (unpaired) electrons. The van der Waals surface area contributed by atoms with Gasteiger partial charge in [-0.15, -0.1) is 0 Å². The highest BCUT2D eigenvalue weighted by Crippen LogP contribution is 2.09. The van der Waals surface area contributed by atoms with Crippen LogP contribution in [0.3, 0.4) is 0 Å². The number of sulfonamides is 1. The number of benzene rings is 1. The number of hydrogen-bond donors (Lipinski definition) is 3. The largest absolute Gasteiger partial charge is 0.342 e. The van der Waals surface area contributed by atoms with Gasteiger partial charge < -0.3 is 0 Å². The second kappa shape index (κ2) is 4.28. The molecule has 15 heavy (non-hydrogen) atoms. The number of amides is 2. The predicted octanol–water partition coefficient (Wildman–Crippen LogP) is -0.143. The minimum atomic E-state index is -3.83. The minimum Gasteiger partial charge on any atom is -0.275 e. The summed E-state index contributed by atoms with van der Waals surface area (Å²) in [6.45, 7) is 1.83. The fourth-order valence-corrected chi connectivity index (χ4v) is 1.84. The lowest BCUT2D eigenvalue weighted by Gasteiger charge is -2.05. The van der Waals surface area contributed by atoms with Crippen LogP contribution in [0.4, 0.5) is 4.79 Å². The topological polar surface area (TPSA) is 101 Å². The van der Waals surface area contributed by atoms with Crippen LogP contribution in [-0.4, -0.2) is 14.4 Å². The van der Waals surface area contributed by atoms with Crippen LogP contribution in [0.2, 0.25) is 0 Å². The van der Waals surface area contributed by atoms with Crippen LogP contribution in [0.15, 0.2) is 29.2 Å². The molecule has 0 aromatic heterocycles. The molecular weight excluding hydrogens is 218 g/mol. The van der Waals surface area contributed by atoms with Crippen molar-refractivity contribution in [2.24, 2.45) is 5.84 Å². The van der Waals surface area contributed by atoms with E-state index < -0.39 is 16.1 Å². The molecule has 0 heterocycles. The number of nitrogens with one attached hydrogen (secondary N) is 2. The van der Waals surface area contributed by atoms with Gasteiger partial charge in [-0.2, -0.15) is 0 Å². The molecule has 0 spiro atoms. The maximum Gasteiger partial charge on any atom is 0.342 e. The quantitative estimate of drug-likeness (QED) is 0.373. The number of carbonyl (C=O) groups excluding carboxylic acids is 1. The average molecular weight is 229 g/mol. The molecular formula is C8H11N3O3S. The highest BCUT2D eigenvalue weighted by atomic mass is 32.2. The Morgan fingerprint density at radius 3 is 2.27 bits per heavy atom. The van der Waals surface area contributed by atoms with Crippen molar-refractivity contribution >= 4 is 16.1 Å². The standard InChI is InChI=1S/C8H11N3O3S/c1-6-2-4-7(5-3-6)15(13,14)11-8(12)10-9/h2-5H,9H2,1H3,(H2,10,11,12). The summed E-state index contributed by atoms with van der Waals surface area (Å²) >= 11 is 0. The number of nitrogens with two attached hydrogens (primary N) is 1. The lowest BCUT2D eigenvalue weighted by atomic mass is 10.2. The van der Waals surface area contributed by atoms with Gasteiger partial charge in [-0.25, -0.2) is 23.8 Å². The minimum absolute atomic E-state index is 0.0108. The first kappa shape index (κ1) is 11.5. The molecule has 82 valence electrons. The lowest BCUT2D eigenvalue weighted by molar-refractivity contribution is 0.246. The zero-order valence-corrected chi connectivity index (χ0v) is 8.84. The highest BCUT2D eigenvalue weighted by Gasteiger charge is 2.16. The highest BCUT2D eigenvalue weighted by molar-refractivity contribution is 7.90. The van der Waals surface area contributed by atoms with Crippen molar-refractivity contribution in [1.82, 2.24) is 10.1 Å². The Labute approximate surface area is 87.5 Å². The first-order valence-electron chi connectivity index (χ1n) is 4.06. The predicted molar refractivity (Wildman–Crippen MR) is 54.2 cm³/mol. The third-order valence-electron chi connectivity index (χ3n) is 1.69. The van der Waals surface area contributed by atoms with E-state index >= 15 is 0 Å². The second-order valence-corrected chi connectivity index (χ2v) is 4.57. The van der Waals surface area contributed by atoms with Crippen molar-refractivity contribution in [2.75, 3.05) is 0 Å². The van der Waals surface area contributed by atoms with E-state index in [0.717, 1.165) is 5.56 Å². The Balaban J connectivity index is 2.96. The number of carbonyl (C=O) groups is 1. The Morgan fingerprint density at radius 2 is 1.80 bits per heavy atom. The third-order valence-corrected chi connectivity index (χ3v) is 3.04. The molecule has 0 saturated carbocycles. The fraction of sp³-hybridized carbons (Fsp3) is 0.125. The summed E-state index contributed by atoms with van der Waals surface area (Å²) in [6.07, 6.45) is 0. The number of urea groups is 1. The molecule has 1 aromatic carbocycles. The molecule has 0 atom stereocenters.